The Bertz CT molecular complexity index is 480. The fourth-order valence-corrected chi connectivity index (χ4v) is 2.20. The standard InChI is InChI=1S/C16H24FNO.C4H10/c1-6-7-13(5)18(16(19)11(2)3)14-8-9-15(17)12(4)10-14;1-4(2)3/h8-11,13H,6-7H2,1-5H3;4H,1-3H3. The predicted molar refractivity (Wildman–Crippen MR) is 98.3 cm³/mol. The maximum absolute atomic E-state index is 13.4. The zero-order valence-corrected chi connectivity index (χ0v) is 16.1. The number of anilines is 1. The zero-order valence-electron chi connectivity index (χ0n) is 16.1. The van der Waals surface area contributed by atoms with Crippen LogP contribution in [0.5, 0.6) is 0 Å². The van der Waals surface area contributed by atoms with Gasteiger partial charge in [-0.1, -0.05) is 48.0 Å². The molecule has 0 aliphatic carbocycles. The van der Waals surface area contributed by atoms with Gasteiger partial charge >= 0.3 is 0 Å². The third-order valence-electron chi connectivity index (χ3n) is 3.30. The number of benzene rings is 1. The highest BCUT2D eigenvalue weighted by molar-refractivity contribution is 5.95. The Morgan fingerprint density at radius 1 is 1.13 bits per heavy atom. The Morgan fingerprint density at radius 3 is 2.04 bits per heavy atom. The van der Waals surface area contributed by atoms with E-state index < -0.39 is 0 Å². The predicted octanol–water partition coefficient (Wildman–Crippen LogP) is 5.97. The fourth-order valence-electron chi connectivity index (χ4n) is 2.20. The van der Waals surface area contributed by atoms with Crippen LogP contribution in [0.2, 0.25) is 0 Å². The number of hydrogen-bond acceptors (Lipinski definition) is 1. The first-order valence-corrected chi connectivity index (χ1v) is 8.70. The molecule has 1 aromatic rings. The first-order valence-electron chi connectivity index (χ1n) is 8.70. The van der Waals surface area contributed by atoms with E-state index in [1.807, 2.05) is 20.8 Å². The van der Waals surface area contributed by atoms with E-state index in [0.717, 1.165) is 24.4 Å². The van der Waals surface area contributed by atoms with E-state index in [4.69, 9.17) is 0 Å². The summed E-state index contributed by atoms with van der Waals surface area (Å²) >= 11 is 0. The second-order valence-corrected chi connectivity index (χ2v) is 7.17. The van der Waals surface area contributed by atoms with Crippen LogP contribution in [0.1, 0.15) is 66.9 Å². The van der Waals surface area contributed by atoms with Crippen molar-refractivity contribution in [2.24, 2.45) is 11.8 Å². The number of hydrogen-bond donors (Lipinski definition) is 0. The summed E-state index contributed by atoms with van der Waals surface area (Å²) in [5, 5.41) is 0. The summed E-state index contributed by atoms with van der Waals surface area (Å²) in [5.41, 5.74) is 1.36. The molecule has 0 aliphatic rings. The van der Waals surface area contributed by atoms with Crippen molar-refractivity contribution in [1.82, 2.24) is 0 Å². The third-order valence-corrected chi connectivity index (χ3v) is 3.30. The smallest absolute Gasteiger partial charge is 0.229 e. The topological polar surface area (TPSA) is 20.3 Å². The quantitative estimate of drug-likeness (QED) is 0.653. The van der Waals surface area contributed by atoms with Crippen molar-refractivity contribution >= 4 is 11.6 Å². The minimum Gasteiger partial charge on any atom is -0.309 e. The van der Waals surface area contributed by atoms with Gasteiger partial charge in [0.05, 0.1) is 0 Å². The van der Waals surface area contributed by atoms with Crippen LogP contribution >= 0.6 is 0 Å². The molecule has 0 saturated carbocycles. The summed E-state index contributed by atoms with van der Waals surface area (Å²) in [6.45, 7) is 16.2. The van der Waals surface area contributed by atoms with Crippen LogP contribution < -0.4 is 4.90 Å². The van der Waals surface area contributed by atoms with E-state index in [1.54, 1.807) is 24.0 Å². The molecule has 0 bridgehead atoms. The zero-order chi connectivity index (χ0) is 18.2. The summed E-state index contributed by atoms with van der Waals surface area (Å²) in [6.07, 6.45) is 1.96. The van der Waals surface area contributed by atoms with Crippen LogP contribution in [0.25, 0.3) is 0 Å². The maximum atomic E-state index is 13.4. The van der Waals surface area contributed by atoms with Gasteiger partial charge in [-0.05, 0) is 49.9 Å². The SMILES string of the molecule is CC(C)C.CCCC(C)N(C(=O)C(C)C)c1ccc(F)c(C)c1. The number of carbonyl (C=O) groups is 1. The van der Waals surface area contributed by atoms with Gasteiger partial charge in [0.1, 0.15) is 5.82 Å². The number of rotatable bonds is 5. The van der Waals surface area contributed by atoms with Crippen molar-refractivity contribution in [2.45, 2.75) is 74.3 Å². The second-order valence-electron chi connectivity index (χ2n) is 7.17. The Kier molecular flexibility index (Phi) is 9.78. The van der Waals surface area contributed by atoms with Gasteiger partial charge in [-0.2, -0.15) is 0 Å². The molecule has 1 aromatic carbocycles. The number of carbonyl (C=O) groups excluding carboxylic acids is 1. The van der Waals surface area contributed by atoms with E-state index in [0.29, 0.717) is 5.56 Å². The molecule has 0 N–H and O–H groups in total. The molecule has 23 heavy (non-hydrogen) atoms. The molecule has 0 fully saturated rings. The van der Waals surface area contributed by atoms with Gasteiger partial charge in [-0.15, -0.1) is 0 Å². The summed E-state index contributed by atoms with van der Waals surface area (Å²) in [6, 6.07) is 5.00. The van der Waals surface area contributed by atoms with Gasteiger partial charge in [0.25, 0.3) is 0 Å². The van der Waals surface area contributed by atoms with Crippen LogP contribution in [-0.4, -0.2) is 11.9 Å². The van der Waals surface area contributed by atoms with E-state index >= 15 is 0 Å². The van der Waals surface area contributed by atoms with Crippen molar-refractivity contribution < 1.29 is 9.18 Å². The Hall–Kier alpha value is -1.38. The molecule has 132 valence electrons. The Balaban J connectivity index is 0.00000108. The van der Waals surface area contributed by atoms with Gasteiger partial charge in [0, 0.05) is 17.6 Å². The lowest BCUT2D eigenvalue weighted by molar-refractivity contribution is -0.121. The van der Waals surface area contributed by atoms with Gasteiger partial charge in [-0.25, -0.2) is 4.39 Å². The molecule has 0 saturated heterocycles. The van der Waals surface area contributed by atoms with Crippen molar-refractivity contribution in [3.8, 4) is 0 Å². The minimum atomic E-state index is -0.233. The van der Waals surface area contributed by atoms with Crippen LogP contribution in [0, 0.1) is 24.6 Å². The highest BCUT2D eigenvalue weighted by Crippen LogP contribution is 2.24. The number of amides is 1. The monoisotopic (exact) mass is 323 g/mol. The van der Waals surface area contributed by atoms with Crippen LogP contribution in [0.3, 0.4) is 0 Å². The summed E-state index contributed by atoms with van der Waals surface area (Å²) in [5.74, 6) is 0.625. The number of halogens is 1. The van der Waals surface area contributed by atoms with Crippen LogP contribution in [0.4, 0.5) is 10.1 Å². The molecule has 0 aliphatic heterocycles. The largest absolute Gasteiger partial charge is 0.309 e. The fraction of sp³-hybridized carbons (Fsp3) is 0.650. The van der Waals surface area contributed by atoms with E-state index in [9.17, 15) is 9.18 Å². The van der Waals surface area contributed by atoms with Crippen LogP contribution in [-0.2, 0) is 4.79 Å². The third kappa shape index (κ3) is 7.62. The molecule has 0 radical (unpaired) electrons. The lowest BCUT2D eigenvalue weighted by atomic mass is 10.1. The van der Waals surface area contributed by atoms with E-state index in [2.05, 4.69) is 27.7 Å². The minimum absolute atomic E-state index is 0.0651. The van der Waals surface area contributed by atoms with Gasteiger partial charge in [-0.3, -0.25) is 4.79 Å². The first kappa shape index (κ1) is 21.6. The molecular weight excluding hydrogens is 289 g/mol. The van der Waals surface area contributed by atoms with Crippen molar-refractivity contribution in [3.05, 3.63) is 29.6 Å². The molecule has 1 amide bonds. The Morgan fingerprint density at radius 2 is 1.65 bits per heavy atom. The molecule has 0 heterocycles. The number of nitrogens with zero attached hydrogens (tertiary/aromatic N) is 1. The number of aryl methyl sites for hydroxylation is 1. The Labute approximate surface area is 142 Å². The first-order chi connectivity index (χ1) is 10.6. The van der Waals surface area contributed by atoms with Gasteiger partial charge < -0.3 is 4.90 Å². The summed E-state index contributed by atoms with van der Waals surface area (Å²) in [7, 11) is 0. The van der Waals surface area contributed by atoms with Gasteiger partial charge in [0.15, 0.2) is 0 Å². The van der Waals surface area contributed by atoms with E-state index in [1.165, 1.54) is 6.07 Å². The molecular formula is C20H34FNO. The van der Waals surface area contributed by atoms with Crippen molar-refractivity contribution in [3.63, 3.8) is 0 Å². The van der Waals surface area contributed by atoms with E-state index in [-0.39, 0.29) is 23.7 Å². The highest BCUT2D eigenvalue weighted by atomic mass is 19.1. The molecule has 0 spiro atoms. The molecule has 1 atom stereocenters. The molecule has 1 unspecified atom stereocenters. The average molecular weight is 323 g/mol. The highest BCUT2D eigenvalue weighted by Gasteiger charge is 2.24. The molecule has 3 heteroatoms. The van der Waals surface area contributed by atoms with Crippen LogP contribution in [0.15, 0.2) is 18.2 Å². The molecule has 2 nitrogen and oxygen atoms in total. The average Bonchev–Trinajstić information content (AvgIpc) is 2.42. The van der Waals surface area contributed by atoms with Crippen molar-refractivity contribution in [1.29, 1.82) is 0 Å². The maximum Gasteiger partial charge on any atom is 0.229 e. The normalized spacial score (nSPS) is 12.0. The lowest BCUT2D eigenvalue weighted by Gasteiger charge is -2.31. The lowest BCUT2D eigenvalue weighted by Crippen LogP contribution is -2.41. The van der Waals surface area contributed by atoms with Crippen molar-refractivity contribution in [2.75, 3.05) is 4.90 Å². The summed E-state index contributed by atoms with van der Waals surface area (Å²) in [4.78, 5) is 14.2. The second kappa shape index (κ2) is 10.4. The molecule has 0 aromatic heterocycles. The van der Waals surface area contributed by atoms with Gasteiger partial charge in [0.2, 0.25) is 5.91 Å². The molecule has 1 rings (SSSR count). The summed E-state index contributed by atoms with van der Waals surface area (Å²) < 4.78 is 13.4.